The molecule has 2 aromatic rings. The highest BCUT2D eigenvalue weighted by Gasteiger charge is 2.33. The molecule has 104 valence electrons. The van der Waals surface area contributed by atoms with Crippen molar-refractivity contribution in [2.24, 2.45) is 5.92 Å². The first-order valence-corrected chi connectivity index (χ1v) is 6.21. The highest BCUT2D eigenvalue weighted by Crippen LogP contribution is 2.27. The Morgan fingerprint density at radius 2 is 2.05 bits per heavy atom. The Labute approximate surface area is 114 Å². The van der Waals surface area contributed by atoms with Gasteiger partial charge in [0.15, 0.2) is 0 Å². The molecule has 7 nitrogen and oxygen atoms in total. The highest BCUT2D eigenvalue weighted by atomic mass is 16.4. The van der Waals surface area contributed by atoms with E-state index in [-0.39, 0.29) is 42.5 Å². The number of nitrogens with zero attached hydrogens (tertiary/aromatic N) is 3. The van der Waals surface area contributed by atoms with E-state index < -0.39 is 0 Å². The van der Waals surface area contributed by atoms with Gasteiger partial charge in [-0.2, -0.15) is 0 Å². The molecule has 2 heterocycles. The molecule has 1 fully saturated rings. The number of rotatable bonds is 3. The summed E-state index contributed by atoms with van der Waals surface area (Å²) in [4.78, 5) is 13.2. The maximum absolute atomic E-state index is 11.8. The summed E-state index contributed by atoms with van der Waals surface area (Å²) in [6.45, 7) is 0.341. The Hall–Kier alpha value is -2.41. The molecule has 1 aliphatic heterocycles. The maximum atomic E-state index is 11.8. The topological polar surface area (TPSA) is 99.7 Å². The van der Waals surface area contributed by atoms with Gasteiger partial charge < -0.3 is 14.6 Å². The standard InChI is InChI=1S/C13H13N3O4/c17-7-8-5-11(19)16(6-8)13-15-14-12(20-13)9-1-3-10(18)4-2-9/h1-4,8,17-18H,5-7H2. The molecule has 1 aromatic carbocycles. The first-order chi connectivity index (χ1) is 9.67. The van der Waals surface area contributed by atoms with Crippen molar-refractivity contribution in [3.63, 3.8) is 0 Å². The summed E-state index contributed by atoms with van der Waals surface area (Å²) < 4.78 is 5.48. The number of phenols is 1. The number of aliphatic hydroxyl groups excluding tert-OH is 1. The molecule has 0 bridgehead atoms. The third-order valence-electron chi connectivity index (χ3n) is 3.22. The van der Waals surface area contributed by atoms with Crippen LogP contribution >= 0.6 is 0 Å². The van der Waals surface area contributed by atoms with Gasteiger partial charge >= 0.3 is 6.01 Å². The largest absolute Gasteiger partial charge is 0.508 e. The van der Waals surface area contributed by atoms with Crippen LogP contribution in [0.15, 0.2) is 28.7 Å². The number of aliphatic hydroxyl groups is 1. The second kappa shape index (κ2) is 4.93. The minimum absolute atomic E-state index is 0.0405. The molecule has 1 amide bonds. The van der Waals surface area contributed by atoms with E-state index in [1.807, 2.05) is 0 Å². The van der Waals surface area contributed by atoms with E-state index in [0.717, 1.165) is 0 Å². The molecule has 2 N–H and O–H groups in total. The summed E-state index contributed by atoms with van der Waals surface area (Å²) in [7, 11) is 0. The van der Waals surface area contributed by atoms with Gasteiger partial charge in [-0.25, -0.2) is 0 Å². The molecule has 0 saturated carbocycles. The molecule has 1 unspecified atom stereocenters. The zero-order chi connectivity index (χ0) is 14.1. The monoisotopic (exact) mass is 275 g/mol. The van der Waals surface area contributed by atoms with Crippen LogP contribution in [0.3, 0.4) is 0 Å². The SMILES string of the molecule is O=C1CC(CO)CN1c1nnc(-c2ccc(O)cc2)o1. The van der Waals surface area contributed by atoms with Gasteiger partial charge in [0.1, 0.15) is 5.75 Å². The molecule has 7 heteroatoms. The van der Waals surface area contributed by atoms with Crippen LogP contribution in [0.25, 0.3) is 11.5 Å². The van der Waals surface area contributed by atoms with Crippen LogP contribution in [-0.4, -0.2) is 39.5 Å². The summed E-state index contributed by atoms with van der Waals surface area (Å²) >= 11 is 0. The van der Waals surface area contributed by atoms with Crippen LogP contribution in [0.5, 0.6) is 5.75 Å². The second-order valence-corrected chi connectivity index (χ2v) is 4.69. The number of carbonyl (C=O) groups is 1. The van der Waals surface area contributed by atoms with Gasteiger partial charge in [-0.1, -0.05) is 5.10 Å². The van der Waals surface area contributed by atoms with Gasteiger partial charge in [0.2, 0.25) is 11.8 Å². The van der Waals surface area contributed by atoms with E-state index in [2.05, 4.69) is 10.2 Å². The highest BCUT2D eigenvalue weighted by molar-refractivity contribution is 5.93. The number of anilines is 1. The van der Waals surface area contributed by atoms with E-state index in [4.69, 9.17) is 9.52 Å². The zero-order valence-corrected chi connectivity index (χ0v) is 10.6. The Balaban J connectivity index is 1.83. The Morgan fingerprint density at radius 1 is 1.30 bits per heavy atom. The second-order valence-electron chi connectivity index (χ2n) is 4.69. The number of amides is 1. The first-order valence-electron chi connectivity index (χ1n) is 6.21. The average Bonchev–Trinajstić information content (AvgIpc) is 3.06. The lowest BCUT2D eigenvalue weighted by molar-refractivity contribution is -0.117. The van der Waals surface area contributed by atoms with Crippen molar-refractivity contribution in [1.82, 2.24) is 10.2 Å². The molecular weight excluding hydrogens is 262 g/mol. The van der Waals surface area contributed by atoms with Crippen LogP contribution in [0.1, 0.15) is 6.42 Å². The predicted molar refractivity (Wildman–Crippen MR) is 68.9 cm³/mol. The van der Waals surface area contributed by atoms with Crippen LogP contribution in [0, 0.1) is 5.92 Å². The number of aromatic nitrogens is 2. The fraction of sp³-hybridized carbons (Fsp3) is 0.308. The molecule has 1 aliphatic rings. The van der Waals surface area contributed by atoms with Crippen molar-refractivity contribution in [1.29, 1.82) is 0 Å². The van der Waals surface area contributed by atoms with E-state index in [0.29, 0.717) is 12.1 Å². The third-order valence-corrected chi connectivity index (χ3v) is 3.22. The van der Waals surface area contributed by atoms with Gasteiger partial charge in [0, 0.05) is 31.1 Å². The lowest BCUT2D eigenvalue weighted by Crippen LogP contribution is -2.25. The van der Waals surface area contributed by atoms with Gasteiger partial charge in [0.05, 0.1) is 0 Å². The lowest BCUT2D eigenvalue weighted by atomic mass is 10.1. The van der Waals surface area contributed by atoms with Crippen LogP contribution in [0.2, 0.25) is 0 Å². The van der Waals surface area contributed by atoms with Gasteiger partial charge in [-0.3, -0.25) is 9.69 Å². The van der Waals surface area contributed by atoms with Crippen molar-refractivity contribution in [2.45, 2.75) is 6.42 Å². The Morgan fingerprint density at radius 3 is 2.70 bits per heavy atom. The van der Waals surface area contributed by atoms with Gasteiger partial charge in [-0.15, -0.1) is 5.10 Å². The van der Waals surface area contributed by atoms with Crippen molar-refractivity contribution >= 4 is 11.9 Å². The smallest absolute Gasteiger partial charge is 0.325 e. The Kier molecular flexibility index (Phi) is 3.11. The number of phenolic OH excluding ortho intramolecular Hbond substituents is 1. The molecule has 1 aromatic heterocycles. The molecule has 3 rings (SSSR count). The van der Waals surface area contributed by atoms with Crippen molar-refractivity contribution in [2.75, 3.05) is 18.1 Å². The van der Waals surface area contributed by atoms with E-state index in [9.17, 15) is 9.90 Å². The van der Waals surface area contributed by atoms with E-state index >= 15 is 0 Å². The summed E-state index contributed by atoms with van der Waals surface area (Å²) in [6, 6.07) is 6.46. The van der Waals surface area contributed by atoms with Crippen molar-refractivity contribution in [3.05, 3.63) is 24.3 Å². The van der Waals surface area contributed by atoms with Crippen molar-refractivity contribution in [3.8, 4) is 17.2 Å². The summed E-state index contributed by atoms with van der Waals surface area (Å²) in [6.07, 6.45) is 0.285. The number of benzene rings is 1. The fourth-order valence-electron chi connectivity index (χ4n) is 2.13. The minimum Gasteiger partial charge on any atom is -0.508 e. The summed E-state index contributed by atoms with van der Waals surface area (Å²) in [5.41, 5.74) is 0.659. The van der Waals surface area contributed by atoms with Crippen LogP contribution in [-0.2, 0) is 4.79 Å². The van der Waals surface area contributed by atoms with Gasteiger partial charge in [0.25, 0.3) is 0 Å². The molecule has 0 spiro atoms. The molecule has 1 saturated heterocycles. The number of aromatic hydroxyl groups is 1. The third kappa shape index (κ3) is 2.23. The maximum Gasteiger partial charge on any atom is 0.325 e. The van der Waals surface area contributed by atoms with E-state index in [1.54, 1.807) is 12.1 Å². The number of hydrogen-bond acceptors (Lipinski definition) is 6. The fourth-order valence-corrected chi connectivity index (χ4v) is 2.13. The zero-order valence-electron chi connectivity index (χ0n) is 10.6. The normalized spacial score (nSPS) is 18.8. The number of hydrogen-bond donors (Lipinski definition) is 2. The summed E-state index contributed by atoms with van der Waals surface area (Å²) in [5.74, 6) is 0.200. The van der Waals surface area contributed by atoms with Crippen molar-refractivity contribution < 1.29 is 19.4 Å². The Bertz CT molecular complexity index is 623. The molecular formula is C13H13N3O4. The quantitative estimate of drug-likeness (QED) is 0.859. The molecule has 20 heavy (non-hydrogen) atoms. The summed E-state index contributed by atoms with van der Waals surface area (Å²) in [5, 5.41) is 26.1. The molecule has 1 atom stereocenters. The average molecular weight is 275 g/mol. The number of carbonyl (C=O) groups excluding carboxylic acids is 1. The molecule has 0 aliphatic carbocycles. The van der Waals surface area contributed by atoms with Crippen LogP contribution in [0.4, 0.5) is 6.01 Å². The van der Waals surface area contributed by atoms with E-state index in [1.165, 1.54) is 17.0 Å². The predicted octanol–water partition coefficient (Wildman–Crippen LogP) is 0.787. The van der Waals surface area contributed by atoms with Crippen LogP contribution < -0.4 is 4.90 Å². The lowest BCUT2D eigenvalue weighted by Gasteiger charge is -2.09. The van der Waals surface area contributed by atoms with Gasteiger partial charge in [-0.05, 0) is 24.3 Å². The first kappa shape index (κ1) is 12.6. The minimum atomic E-state index is -0.134. The molecule has 0 radical (unpaired) electrons.